The van der Waals surface area contributed by atoms with Crippen LogP contribution in [0.1, 0.15) is 12.0 Å². The summed E-state index contributed by atoms with van der Waals surface area (Å²) < 4.78 is 5.11. The number of halogens is 1. The molecule has 0 bridgehead atoms. The van der Waals surface area contributed by atoms with Gasteiger partial charge in [0.15, 0.2) is 0 Å². The SMILES string of the molecule is COc1ccc(CN(C)CCCS)cc1Cl. The molecule has 16 heavy (non-hydrogen) atoms. The van der Waals surface area contributed by atoms with Crippen LogP contribution in [0.2, 0.25) is 5.02 Å². The van der Waals surface area contributed by atoms with Crippen LogP contribution >= 0.6 is 24.2 Å². The number of nitrogens with zero attached hydrogens (tertiary/aromatic N) is 1. The second-order valence-electron chi connectivity index (χ2n) is 3.78. The van der Waals surface area contributed by atoms with E-state index in [1.807, 2.05) is 18.2 Å². The van der Waals surface area contributed by atoms with Gasteiger partial charge < -0.3 is 9.64 Å². The van der Waals surface area contributed by atoms with Gasteiger partial charge in [-0.25, -0.2) is 0 Å². The molecule has 0 aliphatic heterocycles. The smallest absolute Gasteiger partial charge is 0.137 e. The van der Waals surface area contributed by atoms with Crippen molar-refractivity contribution in [3.8, 4) is 5.75 Å². The van der Waals surface area contributed by atoms with Crippen molar-refractivity contribution in [3.63, 3.8) is 0 Å². The van der Waals surface area contributed by atoms with E-state index in [-0.39, 0.29) is 0 Å². The Hall–Kier alpha value is -0.380. The van der Waals surface area contributed by atoms with Crippen LogP contribution in [0, 0.1) is 0 Å². The minimum atomic E-state index is 0.669. The van der Waals surface area contributed by atoms with Gasteiger partial charge in [0.25, 0.3) is 0 Å². The third kappa shape index (κ3) is 4.24. The first-order valence-electron chi connectivity index (χ1n) is 5.29. The highest BCUT2D eigenvalue weighted by atomic mass is 35.5. The molecule has 0 atom stereocenters. The largest absolute Gasteiger partial charge is 0.495 e. The number of benzene rings is 1. The van der Waals surface area contributed by atoms with Gasteiger partial charge in [-0.3, -0.25) is 0 Å². The third-order valence-corrected chi connectivity index (χ3v) is 2.98. The molecule has 1 rings (SSSR count). The molecule has 4 heteroatoms. The van der Waals surface area contributed by atoms with Crippen molar-refractivity contribution in [1.82, 2.24) is 4.90 Å². The van der Waals surface area contributed by atoms with Crippen molar-refractivity contribution >= 4 is 24.2 Å². The summed E-state index contributed by atoms with van der Waals surface area (Å²) in [4.78, 5) is 2.26. The van der Waals surface area contributed by atoms with E-state index in [4.69, 9.17) is 16.3 Å². The van der Waals surface area contributed by atoms with E-state index in [1.165, 1.54) is 5.56 Å². The normalized spacial score (nSPS) is 10.8. The Balaban J connectivity index is 2.57. The van der Waals surface area contributed by atoms with E-state index in [2.05, 4.69) is 24.6 Å². The number of hydrogen-bond acceptors (Lipinski definition) is 3. The molecular weight excluding hydrogens is 242 g/mol. The number of hydrogen-bond donors (Lipinski definition) is 1. The highest BCUT2D eigenvalue weighted by molar-refractivity contribution is 7.80. The van der Waals surface area contributed by atoms with Gasteiger partial charge >= 0.3 is 0 Å². The average molecular weight is 260 g/mol. The fourth-order valence-corrected chi connectivity index (χ4v) is 1.96. The minimum Gasteiger partial charge on any atom is -0.495 e. The highest BCUT2D eigenvalue weighted by Gasteiger charge is 2.04. The molecule has 0 fully saturated rings. The van der Waals surface area contributed by atoms with E-state index in [1.54, 1.807) is 7.11 Å². The standard InChI is InChI=1S/C12H18ClNOS/c1-14(6-3-7-16)9-10-4-5-12(15-2)11(13)8-10/h4-5,8,16H,3,6-7,9H2,1-2H3. The van der Waals surface area contributed by atoms with Gasteiger partial charge in [0.05, 0.1) is 12.1 Å². The van der Waals surface area contributed by atoms with Gasteiger partial charge in [0.2, 0.25) is 0 Å². The van der Waals surface area contributed by atoms with Crippen molar-refractivity contribution < 1.29 is 4.74 Å². The first-order valence-corrected chi connectivity index (χ1v) is 6.30. The zero-order chi connectivity index (χ0) is 12.0. The van der Waals surface area contributed by atoms with Gasteiger partial charge in [-0.05, 0) is 43.5 Å². The molecule has 90 valence electrons. The highest BCUT2D eigenvalue weighted by Crippen LogP contribution is 2.25. The summed E-state index contributed by atoms with van der Waals surface area (Å²) in [6, 6.07) is 5.91. The van der Waals surface area contributed by atoms with Gasteiger partial charge in [0, 0.05) is 6.54 Å². The molecule has 0 aromatic heterocycles. The third-order valence-electron chi connectivity index (χ3n) is 2.37. The molecule has 0 aliphatic rings. The van der Waals surface area contributed by atoms with Crippen molar-refractivity contribution in [3.05, 3.63) is 28.8 Å². The number of rotatable bonds is 6. The fourth-order valence-electron chi connectivity index (χ4n) is 1.54. The predicted octanol–water partition coefficient (Wildman–Crippen LogP) is 3.10. The molecule has 0 unspecified atom stereocenters. The predicted molar refractivity (Wildman–Crippen MR) is 72.8 cm³/mol. The topological polar surface area (TPSA) is 12.5 Å². The lowest BCUT2D eigenvalue weighted by Crippen LogP contribution is -2.19. The van der Waals surface area contributed by atoms with Crippen LogP contribution in [-0.2, 0) is 6.54 Å². The molecule has 0 N–H and O–H groups in total. The lowest BCUT2D eigenvalue weighted by Gasteiger charge is -2.16. The van der Waals surface area contributed by atoms with Gasteiger partial charge in [-0.1, -0.05) is 17.7 Å². The van der Waals surface area contributed by atoms with Crippen LogP contribution in [-0.4, -0.2) is 31.4 Å². The van der Waals surface area contributed by atoms with E-state index < -0.39 is 0 Å². The maximum atomic E-state index is 6.06. The van der Waals surface area contributed by atoms with E-state index >= 15 is 0 Å². The molecule has 0 saturated heterocycles. The van der Waals surface area contributed by atoms with Crippen LogP contribution in [0.25, 0.3) is 0 Å². The molecule has 0 aliphatic carbocycles. The zero-order valence-corrected chi connectivity index (χ0v) is 11.4. The van der Waals surface area contributed by atoms with Crippen molar-refractivity contribution in [1.29, 1.82) is 0 Å². The molecule has 0 radical (unpaired) electrons. The maximum Gasteiger partial charge on any atom is 0.137 e. The maximum absolute atomic E-state index is 6.06. The number of thiol groups is 1. The number of ether oxygens (including phenoxy) is 1. The quantitative estimate of drug-likeness (QED) is 0.789. The van der Waals surface area contributed by atoms with Gasteiger partial charge in [-0.15, -0.1) is 0 Å². The summed E-state index contributed by atoms with van der Waals surface area (Å²) in [5.74, 6) is 1.65. The Morgan fingerprint density at radius 3 is 2.75 bits per heavy atom. The average Bonchev–Trinajstić information content (AvgIpc) is 2.26. The van der Waals surface area contributed by atoms with E-state index in [0.717, 1.165) is 31.0 Å². The molecular formula is C12H18ClNOS. The molecule has 0 heterocycles. The first-order chi connectivity index (χ1) is 7.67. The summed E-state index contributed by atoms with van der Waals surface area (Å²) in [5, 5.41) is 0.669. The van der Waals surface area contributed by atoms with Crippen LogP contribution in [0.5, 0.6) is 5.75 Å². The molecule has 1 aromatic carbocycles. The van der Waals surface area contributed by atoms with Gasteiger partial charge in [0.1, 0.15) is 5.75 Å². The van der Waals surface area contributed by atoms with Crippen LogP contribution in [0.3, 0.4) is 0 Å². The van der Waals surface area contributed by atoms with E-state index in [9.17, 15) is 0 Å². The molecule has 0 saturated carbocycles. The van der Waals surface area contributed by atoms with E-state index in [0.29, 0.717) is 5.02 Å². The van der Waals surface area contributed by atoms with Gasteiger partial charge in [-0.2, -0.15) is 12.6 Å². The van der Waals surface area contributed by atoms with Crippen LogP contribution < -0.4 is 4.74 Å². The summed E-state index contributed by atoms with van der Waals surface area (Å²) in [5.41, 5.74) is 1.20. The first kappa shape index (κ1) is 13.7. The number of methoxy groups -OCH3 is 1. The fraction of sp³-hybridized carbons (Fsp3) is 0.500. The summed E-state index contributed by atoms with van der Waals surface area (Å²) in [7, 11) is 3.72. The Kier molecular flexibility index (Phi) is 6.03. The van der Waals surface area contributed by atoms with Crippen LogP contribution in [0.15, 0.2) is 18.2 Å². The molecule has 1 aromatic rings. The Morgan fingerprint density at radius 1 is 1.44 bits per heavy atom. The molecule has 2 nitrogen and oxygen atoms in total. The second kappa shape index (κ2) is 7.05. The van der Waals surface area contributed by atoms with Crippen LogP contribution in [0.4, 0.5) is 0 Å². The second-order valence-corrected chi connectivity index (χ2v) is 4.64. The summed E-state index contributed by atoms with van der Waals surface area (Å²) >= 11 is 10.3. The van der Waals surface area contributed by atoms with Crippen molar-refractivity contribution in [2.24, 2.45) is 0 Å². The minimum absolute atomic E-state index is 0.669. The summed E-state index contributed by atoms with van der Waals surface area (Å²) in [6.07, 6.45) is 1.10. The monoisotopic (exact) mass is 259 g/mol. The Morgan fingerprint density at radius 2 is 2.19 bits per heavy atom. The lowest BCUT2D eigenvalue weighted by atomic mass is 10.2. The lowest BCUT2D eigenvalue weighted by molar-refractivity contribution is 0.328. The summed E-state index contributed by atoms with van der Waals surface area (Å²) in [6.45, 7) is 1.95. The molecule has 0 spiro atoms. The zero-order valence-electron chi connectivity index (χ0n) is 9.74. The Labute approximate surface area is 108 Å². The van der Waals surface area contributed by atoms with Crippen molar-refractivity contribution in [2.45, 2.75) is 13.0 Å². The van der Waals surface area contributed by atoms with Crippen molar-refractivity contribution in [2.75, 3.05) is 26.5 Å². The molecule has 0 amide bonds. The Bertz CT molecular complexity index is 333.